The topological polar surface area (TPSA) is 142 Å². The third-order valence-corrected chi connectivity index (χ3v) is 12.4. The van der Waals surface area contributed by atoms with Crippen LogP contribution in [-0.4, -0.2) is 80.5 Å². The fourth-order valence-corrected chi connectivity index (χ4v) is 9.15. The molecule has 12 nitrogen and oxygen atoms in total. The number of ether oxygens (including phenoxy) is 1. The van der Waals surface area contributed by atoms with Crippen LogP contribution < -0.4 is 25.6 Å². The molecule has 0 radical (unpaired) electrons. The number of sulfonamides is 1. The molecule has 7 rings (SSSR count). The van der Waals surface area contributed by atoms with Gasteiger partial charge in [-0.05, 0) is 97.3 Å². The summed E-state index contributed by atoms with van der Waals surface area (Å²) in [6, 6.07) is 19.6. The van der Waals surface area contributed by atoms with E-state index in [4.69, 9.17) is 4.74 Å². The lowest BCUT2D eigenvalue weighted by Gasteiger charge is -2.35. The van der Waals surface area contributed by atoms with Gasteiger partial charge in [-0.2, -0.15) is 4.31 Å². The van der Waals surface area contributed by atoms with Gasteiger partial charge in [-0.25, -0.2) is 8.42 Å². The Bertz CT molecular complexity index is 2220. The quantitative estimate of drug-likeness (QED) is 0.182. The number of carbonyl (C=O) groups excluding carboxylic acids is 3. The number of fused-ring (bicyclic) bond motifs is 1. The monoisotopic (exact) mass is 780 g/mol. The van der Waals surface area contributed by atoms with Crippen molar-refractivity contribution in [3.05, 3.63) is 89.5 Å². The van der Waals surface area contributed by atoms with Gasteiger partial charge in [0.05, 0.1) is 17.5 Å². The van der Waals surface area contributed by atoms with E-state index in [1.165, 1.54) is 29.5 Å². The van der Waals surface area contributed by atoms with E-state index in [-0.39, 0.29) is 30.9 Å². The fraction of sp³-hybridized carbons (Fsp3) is 0.419. The van der Waals surface area contributed by atoms with Gasteiger partial charge in [0.25, 0.3) is 5.91 Å². The number of carbonyl (C=O) groups is 3. The second-order valence-electron chi connectivity index (χ2n) is 15.1. The third kappa shape index (κ3) is 9.11. The number of nitrogens with zero attached hydrogens (tertiary/aromatic N) is 3. The highest BCUT2D eigenvalue weighted by Crippen LogP contribution is 2.44. The second kappa shape index (κ2) is 17.3. The predicted octanol–water partition coefficient (Wildman–Crippen LogP) is 6.17. The standard InChI is InChI=1S/C43H52N6O6S/c1-30(50)46-35-15-19-38(47-22-24-48(25-23-47)56(2,53)54)34(26-35)29-55-36-16-12-32(13-17-36)42-41(31-10-6-5-7-11-31)37-18-14-33-27-39(37)49(42)28-40(51)44-20-8-3-4-9-21-45-43(33)52/h3-4,12-19,26-27,31H,5-11,20-25,28-29H2,1-2H3,(H,44,51)(H,45,52)(H,46,50). The van der Waals surface area contributed by atoms with E-state index < -0.39 is 10.0 Å². The SMILES string of the molecule is CC(=O)Nc1ccc(N2CCN(S(C)(=O)=O)CC2)c(COc2ccc(-c3c(C4CCCCC4)c4ccc5cc4n3CC(=O)NCCC=CCCNC5=O)cc2)c1. The number of benzene rings is 3. The Morgan fingerprint density at radius 3 is 2.25 bits per heavy atom. The van der Waals surface area contributed by atoms with E-state index in [2.05, 4.69) is 31.5 Å². The van der Waals surface area contributed by atoms with Gasteiger partial charge in [0.1, 0.15) is 18.9 Å². The number of hydrogen-bond donors (Lipinski definition) is 3. The molecule has 56 heavy (non-hydrogen) atoms. The van der Waals surface area contributed by atoms with E-state index in [0.29, 0.717) is 62.2 Å². The van der Waals surface area contributed by atoms with Crippen molar-refractivity contribution in [3.63, 3.8) is 0 Å². The minimum Gasteiger partial charge on any atom is -0.489 e. The van der Waals surface area contributed by atoms with Crippen molar-refractivity contribution < 1.29 is 27.5 Å². The number of hydrogen-bond acceptors (Lipinski definition) is 7. The predicted molar refractivity (Wildman–Crippen MR) is 221 cm³/mol. The highest BCUT2D eigenvalue weighted by Gasteiger charge is 2.29. The van der Waals surface area contributed by atoms with E-state index in [0.717, 1.165) is 71.9 Å². The molecule has 1 aromatic heterocycles. The molecular weight excluding hydrogens is 729 g/mol. The minimum atomic E-state index is -3.27. The second-order valence-corrected chi connectivity index (χ2v) is 17.0. The lowest BCUT2D eigenvalue weighted by Crippen LogP contribution is -2.48. The molecular formula is C43H52N6O6S. The van der Waals surface area contributed by atoms with Crippen LogP contribution in [0.4, 0.5) is 11.4 Å². The van der Waals surface area contributed by atoms with Crippen LogP contribution >= 0.6 is 0 Å². The van der Waals surface area contributed by atoms with Crippen LogP contribution in [0.5, 0.6) is 5.75 Å². The Morgan fingerprint density at radius 2 is 1.55 bits per heavy atom. The number of piperazine rings is 1. The largest absolute Gasteiger partial charge is 0.489 e. The van der Waals surface area contributed by atoms with Gasteiger partial charge in [-0.3, -0.25) is 14.4 Å². The lowest BCUT2D eigenvalue weighted by molar-refractivity contribution is -0.121. The van der Waals surface area contributed by atoms with Gasteiger partial charge in [0, 0.05) is 74.1 Å². The maximum absolute atomic E-state index is 13.5. The lowest BCUT2D eigenvalue weighted by atomic mass is 9.81. The number of aromatic nitrogens is 1. The molecule has 0 atom stereocenters. The number of nitrogens with one attached hydrogen (secondary N) is 3. The molecule has 1 saturated heterocycles. The fourth-order valence-electron chi connectivity index (χ4n) is 8.32. The normalized spacial score (nSPS) is 17.9. The van der Waals surface area contributed by atoms with Crippen LogP contribution in [0.2, 0.25) is 0 Å². The van der Waals surface area contributed by atoms with Crippen molar-refractivity contribution in [1.82, 2.24) is 19.5 Å². The summed E-state index contributed by atoms with van der Waals surface area (Å²) in [5.74, 6) is 0.600. The molecule has 296 valence electrons. The zero-order valence-corrected chi connectivity index (χ0v) is 33.1. The Morgan fingerprint density at radius 1 is 0.857 bits per heavy atom. The van der Waals surface area contributed by atoms with Crippen LogP contribution in [0.25, 0.3) is 22.2 Å². The first-order valence-electron chi connectivity index (χ1n) is 19.7. The van der Waals surface area contributed by atoms with Gasteiger partial charge in [0.15, 0.2) is 0 Å². The highest BCUT2D eigenvalue weighted by molar-refractivity contribution is 7.88. The van der Waals surface area contributed by atoms with E-state index >= 15 is 0 Å². The van der Waals surface area contributed by atoms with Gasteiger partial charge in [-0.1, -0.05) is 37.5 Å². The first-order chi connectivity index (χ1) is 27.0. The van der Waals surface area contributed by atoms with Gasteiger partial charge >= 0.3 is 0 Å². The molecule has 3 heterocycles. The van der Waals surface area contributed by atoms with E-state index in [1.807, 2.05) is 66.7 Å². The molecule has 2 fully saturated rings. The van der Waals surface area contributed by atoms with E-state index in [9.17, 15) is 22.8 Å². The van der Waals surface area contributed by atoms with Gasteiger partial charge < -0.3 is 30.2 Å². The van der Waals surface area contributed by atoms with Crippen molar-refractivity contribution >= 4 is 50.0 Å². The average Bonchev–Trinajstić information content (AvgIpc) is 3.50. The molecule has 3 amide bonds. The molecule has 1 saturated carbocycles. The van der Waals surface area contributed by atoms with Gasteiger partial charge in [-0.15, -0.1) is 0 Å². The van der Waals surface area contributed by atoms with Crippen LogP contribution in [0.3, 0.4) is 0 Å². The average molecular weight is 781 g/mol. The maximum Gasteiger partial charge on any atom is 0.251 e. The first kappa shape index (κ1) is 39.1. The molecule has 3 aromatic carbocycles. The molecule has 4 aromatic rings. The zero-order valence-electron chi connectivity index (χ0n) is 32.3. The summed E-state index contributed by atoms with van der Waals surface area (Å²) >= 11 is 0. The van der Waals surface area contributed by atoms with Crippen molar-refractivity contribution in [1.29, 1.82) is 0 Å². The molecule has 2 bridgehead atoms. The van der Waals surface area contributed by atoms with Crippen LogP contribution in [0.15, 0.2) is 72.8 Å². The maximum atomic E-state index is 13.5. The number of amides is 3. The molecule has 1 aliphatic carbocycles. The number of rotatable bonds is 8. The van der Waals surface area contributed by atoms with Crippen molar-refractivity contribution in [2.24, 2.45) is 0 Å². The first-order valence-corrected chi connectivity index (χ1v) is 21.6. The molecule has 3 N–H and O–H groups in total. The molecule has 2 aliphatic heterocycles. The van der Waals surface area contributed by atoms with Crippen molar-refractivity contribution in [2.75, 3.05) is 55.7 Å². The number of anilines is 2. The summed E-state index contributed by atoms with van der Waals surface area (Å²) in [6.07, 6.45) is 12.4. The summed E-state index contributed by atoms with van der Waals surface area (Å²) in [4.78, 5) is 40.9. The third-order valence-electron chi connectivity index (χ3n) is 11.0. The van der Waals surface area contributed by atoms with Crippen LogP contribution in [-0.2, 0) is 32.8 Å². The highest BCUT2D eigenvalue weighted by atomic mass is 32.2. The molecule has 3 aliphatic rings. The Hall–Kier alpha value is -5.14. The van der Waals surface area contributed by atoms with Crippen LogP contribution in [0.1, 0.15) is 79.3 Å². The summed E-state index contributed by atoms with van der Waals surface area (Å²) in [5.41, 5.74) is 7.08. The van der Waals surface area contributed by atoms with E-state index in [1.54, 1.807) is 0 Å². The smallest absolute Gasteiger partial charge is 0.251 e. The van der Waals surface area contributed by atoms with Crippen molar-refractivity contribution in [2.45, 2.75) is 70.9 Å². The molecule has 13 heteroatoms. The summed E-state index contributed by atoms with van der Waals surface area (Å²) < 4.78 is 34.3. The van der Waals surface area contributed by atoms with Crippen LogP contribution in [0, 0.1) is 0 Å². The summed E-state index contributed by atoms with van der Waals surface area (Å²) in [6.45, 7) is 4.74. The molecule has 0 unspecified atom stereocenters. The Balaban J connectivity index is 1.21. The molecule has 0 spiro atoms. The van der Waals surface area contributed by atoms with Crippen molar-refractivity contribution in [3.8, 4) is 17.0 Å². The van der Waals surface area contributed by atoms with Gasteiger partial charge in [0.2, 0.25) is 21.8 Å². The minimum absolute atomic E-state index is 0.0774. The Labute approximate surface area is 329 Å². The zero-order chi connectivity index (χ0) is 39.2. The summed E-state index contributed by atoms with van der Waals surface area (Å²) in [7, 11) is -3.27. The summed E-state index contributed by atoms with van der Waals surface area (Å²) in [5, 5.41) is 10.1. The Kier molecular flexibility index (Phi) is 12.1.